The number of benzene rings is 1. The van der Waals surface area contributed by atoms with Crippen LogP contribution in [0.3, 0.4) is 0 Å². The zero-order chi connectivity index (χ0) is 13.4. The first-order chi connectivity index (χ1) is 8.33. The molecule has 0 aromatic heterocycles. The van der Waals surface area contributed by atoms with Crippen molar-refractivity contribution in [1.82, 2.24) is 5.32 Å². The third-order valence-electron chi connectivity index (χ3n) is 3.32. The van der Waals surface area contributed by atoms with E-state index in [1.54, 1.807) is 6.92 Å². The number of alkyl halides is 3. The summed E-state index contributed by atoms with van der Waals surface area (Å²) in [6, 6.07) is 4.60. The highest BCUT2D eigenvalue weighted by Gasteiger charge is 2.37. The van der Waals surface area contributed by atoms with Crippen LogP contribution >= 0.6 is 0 Å². The molecule has 1 aromatic rings. The minimum absolute atomic E-state index is 0.113. The van der Waals surface area contributed by atoms with E-state index in [1.165, 1.54) is 12.1 Å². The van der Waals surface area contributed by atoms with E-state index in [1.807, 2.05) is 0 Å². The van der Waals surface area contributed by atoms with Crippen molar-refractivity contribution in [2.45, 2.75) is 31.5 Å². The number of Topliss-reactive ketones (excluding diaryl/α,β-unsaturated/α-hetero) is 1. The van der Waals surface area contributed by atoms with E-state index in [-0.39, 0.29) is 11.3 Å². The first kappa shape index (κ1) is 13.1. The molecule has 18 heavy (non-hydrogen) atoms. The predicted molar refractivity (Wildman–Crippen MR) is 61.4 cm³/mol. The number of carbonyl (C=O) groups excluding carboxylic acids is 1. The number of nitrogens with one attached hydrogen (secondary N) is 1. The van der Waals surface area contributed by atoms with Crippen molar-refractivity contribution >= 4 is 5.78 Å². The summed E-state index contributed by atoms with van der Waals surface area (Å²) in [6.45, 7) is 2.46. The fraction of sp³-hybridized carbons (Fsp3) is 0.462. The molecule has 1 aliphatic rings. The van der Waals surface area contributed by atoms with E-state index in [2.05, 4.69) is 5.32 Å². The Hall–Kier alpha value is -1.36. The molecule has 1 atom stereocenters. The van der Waals surface area contributed by atoms with Crippen LogP contribution in [0.5, 0.6) is 0 Å². The molecule has 5 heteroatoms. The number of hydrogen-bond acceptors (Lipinski definition) is 2. The largest absolute Gasteiger partial charge is 0.416 e. The average molecular weight is 257 g/mol. The van der Waals surface area contributed by atoms with E-state index >= 15 is 0 Å². The summed E-state index contributed by atoms with van der Waals surface area (Å²) in [5.74, 6) is -0.272. The summed E-state index contributed by atoms with van der Waals surface area (Å²) >= 11 is 0. The van der Waals surface area contributed by atoms with Gasteiger partial charge in [-0.15, -0.1) is 0 Å². The molecule has 0 aliphatic carbocycles. The average Bonchev–Trinajstić information content (AvgIpc) is 2.75. The maximum Gasteiger partial charge on any atom is 0.416 e. The lowest BCUT2D eigenvalue weighted by molar-refractivity contribution is -0.137. The molecule has 98 valence electrons. The van der Waals surface area contributed by atoms with Crippen molar-refractivity contribution in [1.29, 1.82) is 0 Å². The van der Waals surface area contributed by atoms with Crippen LogP contribution < -0.4 is 5.32 Å². The summed E-state index contributed by atoms with van der Waals surface area (Å²) < 4.78 is 37.7. The Morgan fingerprint density at radius 3 is 2.67 bits per heavy atom. The molecule has 2 nitrogen and oxygen atoms in total. The number of rotatable bonds is 2. The number of carbonyl (C=O) groups is 1. The Labute approximate surface area is 103 Å². The van der Waals surface area contributed by atoms with Crippen LogP contribution in [0.25, 0.3) is 0 Å². The van der Waals surface area contributed by atoms with Gasteiger partial charge in [0.25, 0.3) is 0 Å². The second-order valence-electron chi connectivity index (χ2n) is 4.77. The molecule has 0 amide bonds. The van der Waals surface area contributed by atoms with Gasteiger partial charge in [-0.25, -0.2) is 0 Å². The highest BCUT2D eigenvalue weighted by molar-refractivity contribution is 6.03. The van der Waals surface area contributed by atoms with E-state index in [0.29, 0.717) is 6.42 Å². The van der Waals surface area contributed by atoms with E-state index in [9.17, 15) is 18.0 Å². The Morgan fingerprint density at radius 1 is 1.39 bits per heavy atom. The normalized spacial score (nSPS) is 24.2. The Bertz CT molecular complexity index is 462. The smallest absolute Gasteiger partial charge is 0.305 e. The molecule has 0 saturated carbocycles. The quantitative estimate of drug-likeness (QED) is 0.825. The molecule has 2 rings (SSSR count). The van der Waals surface area contributed by atoms with Crippen molar-refractivity contribution in [3.05, 3.63) is 35.4 Å². The van der Waals surface area contributed by atoms with Crippen LogP contribution in [0.2, 0.25) is 0 Å². The molecule has 1 aromatic carbocycles. The van der Waals surface area contributed by atoms with Gasteiger partial charge >= 0.3 is 6.18 Å². The minimum atomic E-state index is -4.42. The Morgan fingerprint density at radius 2 is 2.11 bits per heavy atom. The lowest BCUT2D eigenvalue weighted by atomic mass is 9.89. The molecule has 1 saturated heterocycles. The lowest BCUT2D eigenvalue weighted by Gasteiger charge is -2.23. The van der Waals surface area contributed by atoms with Crippen LogP contribution in [0.4, 0.5) is 13.2 Å². The SMILES string of the molecule is CC1(C(=O)c2cccc(C(F)(F)F)c2)CCCN1. The predicted octanol–water partition coefficient (Wildman–Crippen LogP) is 3.03. The van der Waals surface area contributed by atoms with Gasteiger partial charge in [-0.2, -0.15) is 13.2 Å². The first-order valence-electron chi connectivity index (χ1n) is 5.80. The van der Waals surface area contributed by atoms with Crippen LogP contribution in [0.1, 0.15) is 35.7 Å². The minimum Gasteiger partial charge on any atom is -0.305 e. The second-order valence-corrected chi connectivity index (χ2v) is 4.77. The topological polar surface area (TPSA) is 29.1 Å². The zero-order valence-corrected chi connectivity index (χ0v) is 9.97. The van der Waals surface area contributed by atoms with E-state index in [0.717, 1.165) is 25.1 Å². The third kappa shape index (κ3) is 2.41. The molecule has 1 aliphatic heterocycles. The van der Waals surface area contributed by atoms with Gasteiger partial charge < -0.3 is 5.32 Å². The van der Waals surface area contributed by atoms with Gasteiger partial charge in [0.05, 0.1) is 11.1 Å². The van der Waals surface area contributed by atoms with Gasteiger partial charge in [0.15, 0.2) is 5.78 Å². The number of hydrogen-bond donors (Lipinski definition) is 1. The van der Waals surface area contributed by atoms with Crippen molar-refractivity contribution in [3.63, 3.8) is 0 Å². The maximum atomic E-state index is 12.6. The summed E-state index contributed by atoms with van der Waals surface area (Å²) in [5.41, 5.74) is -1.40. The monoisotopic (exact) mass is 257 g/mol. The van der Waals surface area contributed by atoms with Crippen LogP contribution in [-0.2, 0) is 6.18 Å². The van der Waals surface area contributed by atoms with Gasteiger partial charge in [-0.05, 0) is 38.4 Å². The van der Waals surface area contributed by atoms with E-state index in [4.69, 9.17) is 0 Å². The summed E-state index contributed by atoms with van der Waals surface area (Å²) in [7, 11) is 0. The van der Waals surface area contributed by atoms with Gasteiger partial charge in [0.2, 0.25) is 0 Å². The Kier molecular flexibility index (Phi) is 3.19. The van der Waals surface area contributed by atoms with Crippen LogP contribution in [0, 0.1) is 0 Å². The fourth-order valence-corrected chi connectivity index (χ4v) is 2.24. The standard InChI is InChI=1S/C13H14F3NO/c1-12(6-3-7-17-12)11(18)9-4-2-5-10(8-9)13(14,15)16/h2,4-5,8,17H,3,6-7H2,1H3. The van der Waals surface area contributed by atoms with Gasteiger partial charge in [-0.1, -0.05) is 12.1 Å². The highest BCUT2D eigenvalue weighted by atomic mass is 19.4. The number of ketones is 1. The molecule has 1 N–H and O–H groups in total. The highest BCUT2D eigenvalue weighted by Crippen LogP contribution is 2.31. The van der Waals surface area contributed by atoms with Gasteiger partial charge in [0.1, 0.15) is 0 Å². The van der Waals surface area contributed by atoms with Crippen molar-refractivity contribution < 1.29 is 18.0 Å². The second kappa shape index (κ2) is 4.39. The van der Waals surface area contributed by atoms with Crippen molar-refractivity contribution in [2.24, 2.45) is 0 Å². The molecule has 0 bridgehead atoms. The molecule has 0 spiro atoms. The van der Waals surface area contributed by atoms with Gasteiger partial charge in [0, 0.05) is 5.56 Å². The first-order valence-corrected chi connectivity index (χ1v) is 5.80. The van der Waals surface area contributed by atoms with Crippen molar-refractivity contribution in [2.75, 3.05) is 6.54 Å². The molecule has 0 radical (unpaired) electrons. The lowest BCUT2D eigenvalue weighted by Crippen LogP contribution is -2.44. The number of halogens is 3. The maximum absolute atomic E-state index is 12.6. The van der Waals surface area contributed by atoms with Crippen LogP contribution in [0.15, 0.2) is 24.3 Å². The molecular formula is C13H14F3NO. The Balaban J connectivity index is 2.31. The fourth-order valence-electron chi connectivity index (χ4n) is 2.24. The summed E-state index contributed by atoms with van der Waals surface area (Å²) in [6.07, 6.45) is -2.90. The molecule has 1 unspecified atom stereocenters. The third-order valence-corrected chi connectivity index (χ3v) is 3.32. The molecule has 1 heterocycles. The van der Waals surface area contributed by atoms with E-state index < -0.39 is 17.3 Å². The van der Waals surface area contributed by atoms with Gasteiger partial charge in [-0.3, -0.25) is 4.79 Å². The van der Waals surface area contributed by atoms with Crippen molar-refractivity contribution in [3.8, 4) is 0 Å². The molecular weight excluding hydrogens is 243 g/mol. The molecule has 1 fully saturated rings. The zero-order valence-electron chi connectivity index (χ0n) is 9.97. The summed E-state index contributed by atoms with van der Waals surface area (Å²) in [5, 5.41) is 3.06. The summed E-state index contributed by atoms with van der Waals surface area (Å²) in [4.78, 5) is 12.2. The van der Waals surface area contributed by atoms with Crippen LogP contribution in [-0.4, -0.2) is 17.9 Å².